The number of sulfonamides is 2. The molecule has 0 atom stereocenters. The predicted octanol–water partition coefficient (Wildman–Crippen LogP) is 10.1. The molecule has 2 N–H and O–H groups in total. The van der Waals surface area contributed by atoms with Crippen molar-refractivity contribution in [3.63, 3.8) is 0 Å². The Morgan fingerprint density at radius 3 is 1.37 bits per heavy atom. The second-order valence-corrected chi connectivity index (χ2v) is 18.9. The van der Waals surface area contributed by atoms with Gasteiger partial charge in [0.2, 0.25) is 20.0 Å². The number of anilines is 2. The molecule has 0 aliphatic heterocycles. The molecule has 0 saturated carbocycles. The number of hydrogen-bond acceptors (Lipinski definition) is 6. The first-order chi connectivity index (χ1) is 28.7. The molecule has 6 aromatic carbocycles. The lowest BCUT2D eigenvalue weighted by molar-refractivity contribution is 0.354. The second kappa shape index (κ2) is 17.6. The average molecular weight is 839 g/mol. The van der Waals surface area contributed by atoms with Crippen LogP contribution in [-0.2, 0) is 45.7 Å². The van der Waals surface area contributed by atoms with E-state index in [9.17, 15) is 16.8 Å². The first kappa shape index (κ1) is 42.0. The van der Waals surface area contributed by atoms with Gasteiger partial charge < -0.3 is 9.47 Å². The van der Waals surface area contributed by atoms with E-state index in [2.05, 4.69) is 96.1 Å². The molecule has 0 fully saturated rings. The van der Waals surface area contributed by atoms with Crippen molar-refractivity contribution in [2.45, 2.75) is 39.5 Å². The van der Waals surface area contributed by atoms with Crippen molar-refractivity contribution in [1.82, 2.24) is 0 Å². The molecule has 10 heteroatoms. The summed E-state index contributed by atoms with van der Waals surface area (Å²) in [6, 6.07) is 40.6. The summed E-state index contributed by atoms with van der Waals surface area (Å²) in [6.45, 7) is 4.32. The minimum Gasteiger partial charge on any atom is -0.493 e. The molecule has 8 nitrogen and oxygen atoms in total. The van der Waals surface area contributed by atoms with Gasteiger partial charge in [-0.15, -0.1) is 0 Å². The highest BCUT2D eigenvalue weighted by molar-refractivity contribution is 7.92. The highest BCUT2D eigenvalue weighted by atomic mass is 32.2. The molecule has 0 saturated heterocycles. The molecular formula is C50H50N2O6S2. The largest absolute Gasteiger partial charge is 0.493 e. The number of rotatable bonds is 8. The first-order valence-electron chi connectivity index (χ1n) is 19.8. The zero-order chi connectivity index (χ0) is 42.6. The lowest BCUT2D eigenvalue weighted by atomic mass is 9.90. The van der Waals surface area contributed by atoms with Crippen LogP contribution in [0.4, 0.5) is 11.4 Å². The van der Waals surface area contributed by atoms with Crippen LogP contribution in [0.1, 0.15) is 66.8 Å². The molecule has 0 unspecified atom stereocenters. The summed E-state index contributed by atoms with van der Waals surface area (Å²) in [7, 11) is -3.38. The predicted molar refractivity (Wildman–Crippen MR) is 247 cm³/mol. The average Bonchev–Trinajstić information content (AvgIpc) is 3.44. The van der Waals surface area contributed by atoms with Gasteiger partial charge in [-0.05, 0) is 166 Å². The van der Waals surface area contributed by atoms with E-state index in [0.717, 1.165) is 59.8 Å². The fourth-order valence-electron chi connectivity index (χ4n) is 8.00. The van der Waals surface area contributed by atoms with Gasteiger partial charge in [0.1, 0.15) is 0 Å². The Morgan fingerprint density at radius 1 is 0.467 bits per heavy atom. The standard InChI is InChI=1S/C25H25NO4S.C25H25NO2S/c1-29-24-15-19-12-11-18-8-4-5-10-21(18)23(22(19)16-25(24)30-2)14-17-7-6-9-20(13-17)26-31(3,27)28;1-17-13-21-12-11-20-8-4-5-10-23(20)25(24(21)14-18(17)2)16-19-7-6-9-22(15-19)26-29(3,27)28/h4-10,13-16,26H,11-12H2,1-3H3;4-10,13-16,26H,11-12H2,1-3H3/b23-14+;25-16-. The SMILES string of the molecule is COc1cc2c(cc1OC)/C(=C/c1cccc(NS(C)(=O)=O)c1)c1ccccc1CC2.Cc1cc2c(cc1C)/C(=C\c1cccc(NS(C)(=O)=O)c1)c1ccccc1CC2. The minimum absolute atomic E-state index is 0.534. The second-order valence-electron chi connectivity index (χ2n) is 15.4. The highest BCUT2D eigenvalue weighted by Gasteiger charge is 2.22. The van der Waals surface area contributed by atoms with Gasteiger partial charge in [-0.1, -0.05) is 84.9 Å². The molecule has 6 aromatic rings. The van der Waals surface area contributed by atoms with Crippen molar-refractivity contribution in [1.29, 1.82) is 0 Å². The molecule has 308 valence electrons. The summed E-state index contributed by atoms with van der Waals surface area (Å²) >= 11 is 0. The van der Waals surface area contributed by atoms with E-state index in [4.69, 9.17) is 9.47 Å². The van der Waals surface area contributed by atoms with Crippen LogP contribution in [0.3, 0.4) is 0 Å². The van der Waals surface area contributed by atoms with Crippen LogP contribution in [0.2, 0.25) is 0 Å². The molecule has 0 bridgehead atoms. The summed E-state index contributed by atoms with van der Waals surface area (Å²) < 4.78 is 62.8. The van der Waals surface area contributed by atoms with Gasteiger partial charge in [0.15, 0.2) is 11.5 Å². The number of aryl methyl sites for hydroxylation is 6. The normalized spacial score (nSPS) is 14.6. The van der Waals surface area contributed by atoms with Gasteiger partial charge in [-0.3, -0.25) is 9.44 Å². The van der Waals surface area contributed by atoms with Crippen LogP contribution in [0.15, 0.2) is 121 Å². The third-order valence-corrected chi connectivity index (χ3v) is 12.1. The molecule has 0 heterocycles. The van der Waals surface area contributed by atoms with E-state index in [1.807, 2.05) is 48.5 Å². The summed E-state index contributed by atoms with van der Waals surface area (Å²) in [5, 5.41) is 0. The summed E-state index contributed by atoms with van der Waals surface area (Å²) in [5.74, 6) is 1.39. The van der Waals surface area contributed by atoms with E-state index >= 15 is 0 Å². The Hall–Kier alpha value is -6.10. The molecule has 8 rings (SSSR count). The van der Waals surface area contributed by atoms with E-state index in [1.165, 1.54) is 56.3 Å². The van der Waals surface area contributed by atoms with Crippen LogP contribution in [0.25, 0.3) is 23.3 Å². The molecular weight excluding hydrogens is 789 g/mol. The summed E-state index contributed by atoms with van der Waals surface area (Å²) in [6.07, 6.45) is 10.4. The Morgan fingerprint density at radius 2 is 0.883 bits per heavy atom. The minimum atomic E-state index is -3.35. The number of ether oxygens (including phenoxy) is 2. The van der Waals surface area contributed by atoms with Crippen molar-refractivity contribution < 1.29 is 26.3 Å². The Labute approximate surface area is 354 Å². The van der Waals surface area contributed by atoms with Gasteiger partial charge >= 0.3 is 0 Å². The number of fused-ring (bicyclic) bond motifs is 4. The maximum atomic E-state index is 11.7. The number of methoxy groups -OCH3 is 2. The Bertz CT molecular complexity index is 2880. The molecule has 0 radical (unpaired) electrons. The number of nitrogens with one attached hydrogen (secondary N) is 2. The lowest BCUT2D eigenvalue weighted by Crippen LogP contribution is -2.09. The molecule has 0 aromatic heterocycles. The van der Waals surface area contributed by atoms with Gasteiger partial charge in [0.05, 0.1) is 26.7 Å². The fourth-order valence-corrected chi connectivity index (χ4v) is 9.11. The lowest BCUT2D eigenvalue weighted by Gasteiger charge is -2.16. The maximum Gasteiger partial charge on any atom is 0.229 e. The zero-order valence-corrected chi connectivity index (χ0v) is 36.4. The molecule has 0 spiro atoms. The Kier molecular flexibility index (Phi) is 12.4. The summed E-state index contributed by atoms with van der Waals surface area (Å²) in [4.78, 5) is 0. The molecule has 60 heavy (non-hydrogen) atoms. The van der Waals surface area contributed by atoms with Crippen LogP contribution in [0, 0.1) is 13.8 Å². The van der Waals surface area contributed by atoms with Crippen LogP contribution in [-0.4, -0.2) is 43.6 Å². The Balaban J connectivity index is 0.000000182. The fraction of sp³-hybridized carbons (Fsp3) is 0.200. The molecule has 0 amide bonds. The summed E-state index contributed by atoms with van der Waals surface area (Å²) in [5.41, 5.74) is 17.7. The molecule has 2 aliphatic rings. The monoisotopic (exact) mass is 838 g/mol. The third kappa shape index (κ3) is 10.0. The van der Waals surface area contributed by atoms with Crippen molar-refractivity contribution >= 4 is 54.7 Å². The van der Waals surface area contributed by atoms with E-state index in [-0.39, 0.29) is 0 Å². The van der Waals surface area contributed by atoms with E-state index < -0.39 is 20.0 Å². The number of hydrogen-bond donors (Lipinski definition) is 2. The van der Waals surface area contributed by atoms with E-state index in [1.54, 1.807) is 26.4 Å². The smallest absolute Gasteiger partial charge is 0.229 e. The van der Waals surface area contributed by atoms with Crippen molar-refractivity contribution in [2.24, 2.45) is 0 Å². The third-order valence-electron chi connectivity index (χ3n) is 10.9. The highest BCUT2D eigenvalue weighted by Crippen LogP contribution is 2.41. The van der Waals surface area contributed by atoms with Gasteiger partial charge in [-0.25, -0.2) is 16.8 Å². The first-order valence-corrected chi connectivity index (χ1v) is 23.6. The van der Waals surface area contributed by atoms with Crippen molar-refractivity contribution in [2.75, 3.05) is 36.2 Å². The van der Waals surface area contributed by atoms with Gasteiger partial charge in [0, 0.05) is 11.4 Å². The van der Waals surface area contributed by atoms with E-state index in [0.29, 0.717) is 22.9 Å². The van der Waals surface area contributed by atoms with Crippen LogP contribution in [0.5, 0.6) is 11.5 Å². The van der Waals surface area contributed by atoms with Crippen LogP contribution >= 0.6 is 0 Å². The van der Waals surface area contributed by atoms with Crippen molar-refractivity contribution in [3.8, 4) is 11.5 Å². The maximum absolute atomic E-state index is 11.7. The van der Waals surface area contributed by atoms with Crippen molar-refractivity contribution in [3.05, 3.63) is 188 Å². The van der Waals surface area contributed by atoms with Gasteiger partial charge in [-0.2, -0.15) is 0 Å². The molecule has 2 aliphatic carbocycles. The topological polar surface area (TPSA) is 111 Å². The van der Waals surface area contributed by atoms with Crippen LogP contribution < -0.4 is 18.9 Å². The zero-order valence-electron chi connectivity index (χ0n) is 34.8. The van der Waals surface area contributed by atoms with Gasteiger partial charge in [0.25, 0.3) is 0 Å². The number of benzene rings is 6. The quantitative estimate of drug-likeness (QED) is 0.158.